The van der Waals surface area contributed by atoms with Gasteiger partial charge in [0.2, 0.25) is 0 Å². The maximum Gasteiger partial charge on any atom is 0.259 e. The molecule has 0 aliphatic rings. The van der Waals surface area contributed by atoms with Crippen molar-refractivity contribution in [2.24, 2.45) is 0 Å². The predicted molar refractivity (Wildman–Crippen MR) is 87.0 cm³/mol. The smallest absolute Gasteiger partial charge is 0.259 e. The monoisotopic (exact) mass is 317 g/mol. The van der Waals surface area contributed by atoms with Gasteiger partial charge in [0.15, 0.2) is 0 Å². The van der Waals surface area contributed by atoms with Gasteiger partial charge in [-0.25, -0.2) is 0 Å². The van der Waals surface area contributed by atoms with Crippen LogP contribution in [-0.2, 0) is 0 Å². The lowest BCUT2D eigenvalue weighted by molar-refractivity contribution is 0.102. The number of rotatable bonds is 6. The number of hydrogen-bond donors (Lipinski definition) is 1. The summed E-state index contributed by atoms with van der Waals surface area (Å²) in [5.41, 5.74) is 0.933. The first-order valence-corrected chi connectivity index (χ1v) is 6.88. The summed E-state index contributed by atoms with van der Waals surface area (Å²) >= 11 is 0. The van der Waals surface area contributed by atoms with Crippen LogP contribution < -0.4 is 24.3 Å². The van der Waals surface area contributed by atoms with Crippen molar-refractivity contribution in [3.63, 3.8) is 0 Å². The molecule has 0 saturated carbocycles. The number of ether oxygens (including phenoxy) is 4. The molecule has 6 nitrogen and oxygen atoms in total. The second-order valence-electron chi connectivity index (χ2n) is 4.59. The number of carbonyl (C=O) groups excluding carboxylic acids is 1. The Bertz CT molecular complexity index is 699. The van der Waals surface area contributed by atoms with Gasteiger partial charge in [0, 0.05) is 12.1 Å². The van der Waals surface area contributed by atoms with Gasteiger partial charge in [-0.05, 0) is 24.3 Å². The quantitative estimate of drug-likeness (QED) is 0.887. The second kappa shape index (κ2) is 7.40. The van der Waals surface area contributed by atoms with Crippen molar-refractivity contribution in [1.29, 1.82) is 0 Å². The molecule has 2 aromatic carbocycles. The number of benzene rings is 2. The Kier molecular flexibility index (Phi) is 5.30. The van der Waals surface area contributed by atoms with E-state index in [0.29, 0.717) is 34.2 Å². The van der Waals surface area contributed by atoms with Crippen molar-refractivity contribution in [2.45, 2.75) is 0 Å². The van der Waals surface area contributed by atoms with E-state index < -0.39 is 0 Å². The van der Waals surface area contributed by atoms with Crippen molar-refractivity contribution in [2.75, 3.05) is 33.8 Å². The number of methoxy groups -OCH3 is 4. The largest absolute Gasteiger partial charge is 0.497 e. The number of anilines is 1. The van der Waals surface area contributed by atoms with Crippen LogP contribution in [0, 0.1) is 0 Å². The van der Waals surface area contributed by atoms with E-state index in [-0.39, 0.29) is 5.91 Å². The summed E-state index contributed by atoms with van der Waals surface area (Å²) in [5.74, 6) is 1.87. The van der Waals surface area contributed by atoms with Gasteiger partial charge < -0.3 is 24.3 Å². The highest BCUT2D eigenvalue weighted by Gasteiger charge is 2.15. The number of nitrogens with one attached hydrogen (secondary N) is 1. The topological polar surface area (TPSA) is 66.0 Å². The fourth-order valence-corrected chi connectivity index (χ4v) is 2.08. The van der Waals surface area contributed by atoms with Crippen molar-refractivity contribution in [3.05, 3.63) is 42.0 Å². The van der Waals surface area contributed by atoms with Gasteiger partial charge in [0.25, 0.3) is 5.91 Å². The molecule has 2 aromatic rings. The molecule has 0 bridgehead atoms. The summed E-state index contributed by atoms with van der Waals surface area (Å²) in [7, 11) is 6.14. The van der Waals surface area contributed by atoms with Gasteiger partial charge in [-0.15, -0.1) is 0 Å². The molecule has 0 heterocycles. The average Bonchev–Trinajstić information content (AvgIpc) is 2.61. The van der Waals surface area contributed by atoms with E-state index in [0.717, 1.165) is 0 Å². The van der Waals surface area contributed by atoms with Crippen molar-refractivity contribution >= 4 is 11.6 Å². The van der Waals surface area contributed by atoms with E-state index in [4.69, 9.17) is 18.9 Å². The molecule has 1 N–H and O–H groups in total. The van der Waals surface area contributed by atoms with Crippen LogP contribution >= 0.6 is 0 Å². The summed E-state index contributed by atoms with van der Waals surface area (Å²) in [4.78, 5) is 12.5. The van der Waals surface area contributed by atoms with Gasteiger partial charge in [-0.3, -0.25) is 4.79 Å². The van der Waals surface area contributed by atoms with Crippen LogP contribution in [0.2, 0.25) is 0 Å². The molecule has 0 aromatic heterocycles. The van der Waals surface area contributed by atoms with Gasteiger partial charge in [0.05, 0.1) is 39.7 Å². The lowest BCUT2D eigenvalue weighted by atomic mass is 10.1. The van der Waals surface area contributed by atoms with E-state index in [9.17, 15) is 4.79 Å². The first kappa shape index (κ1) is 16.5. The highest BCUT2D eigenvalue weighted by atomic mass is 16.5. The Morgan fingerprint density at radius 3 is 1.91 bits per heavy atom. The summed E-state index contributed by atoms with van der Waals surface area (Å²) in [5, 5.41) is 2.80. The second-order valence-corrected chi connectivity index (χ2v) is 4.59. The molecule has 122 valence electrons. The highest BCUT2D eigenvalue weighted by Crippen LogP contribution is 2.31. The van der Waals surface area contributed by atoms with Gasteiger partial charge in [-0.2, -0.15) is 0 Å². The molecule has 0 aliphatic carbocycles. The molecule has 0 spiro atoms. The van der Waals surface area contributed by atoms with Crippen molar-refractivity contribution in [1.82, 2.24) is 0 Å². The molecule has 0 saturated heterocycles. The minimum absolute atomic E-state index is 0.312. The third kappa shape index (κ3) is 3.66. The third-order valence-electron chi connectivity index (χ3n) is 3.31. The first-order valence-electron chi connectivity index (χ1n) is 6.88. The lowest BCUT2D eigenvalue weighted by Gasteiger charge is -2.13. The van der Waals surface area contributed by atoms with Gasteiger partial charge in [0.1, 0.15) is 23.0 Å². The molecule has 23 heavy (non-hydrogen) atoms. The van der Waals surface area contributed by atoms with Crippen LogP contribution in [0.1, 0.15) is 10.4 Å². The predicted octanol–water partition coefficient (Wildman–Crippen LogP) is 2.97. The van der Waals surface area contributed by atoms with Crippen LogP contribution in [0.4, 0.5) is 5.69 Å². The Balaban J connectivity index is 2.29. The normalized spacial score (nSPS) is 9.91. The zero-order valence-corrected chi connectivity index (χ0v) is 13.5. The maximum absolute atomic E-state index is 12.5. The molecule has 0 radical (unpaired) electrons. The SMILES string of the molecule is COc1ccc(NC(=O)c2ccc(OC)cc2OC)c(OC)c1. The maximum atomic E-state index is 12.5. The average molecular weight is 317 g/mol. The zero-order chi connectivity index (χ0) is 16.8. The molecule has 0 fully saturated rings. The zero-order valence-electron chi connectivity index (χ0n) is 13.5. The van der Waals surface area contributed by atoms with Crippen molar-refractivity contribution < 1.29 is 23.7 Å². The van der Waals surface area contributed by atoms with Crippen LogP contribution in [-0.4, -0.2) is 34.3 Å². The highest BCUT2D eigenvalue weighted by molar-refractivity contribution is 6.07. The van der Waals surface area contributed by atoms with E-state index in [2.05, 4.69) is 5.32 Å². The molecular formula is C17H19NO5. The summed E-state index contributed by atoms with van der Waals surface area (Å²) < 4.78 is 20.8. The fraction of sp³-hybridized carbons (Fsp3) is 0.235. The lowest BCUT2D eigenvalue weighted by Crippen LogP contribution is -2.14. The Labute approximate surface area is 134 Å². The third-order valence-corrected chi connectivity index (χ3v) is 3.31. The summed E-state index contributed by atoms with van der Waals surface area (Å²) in [6, 6.07) is 10.1. The Morgan fingerprint density at radius 2 is 1.35 bits per heavy atom. The van der Waals surface area contributed by atoms with Crippen molar-refractivity contribution in [3.8, 4) is 23.0 Å². The van der Waals surface area contributed by atoms with E-state index in [1.54, 1.807) is 50.6 Å². The molecule has 2 rings (SSSR count). The standard InChI is InChI=1S/C17H19NO5/c1-20-11-5-7-13(15(9-11)22-3)17(19)18-14-8-6-12(21-2)10-16(14)23-4/h5-10H,1-4H3,(H,18,19). The van der Waals surface area contributed by atoms with Crippen LogP contribution in [0.3, 0.4) is 0 Å². The van der Waals surface area contributed by atoms with Gasteiger partial charge >= 0.3 is 0 Å². The Morgan fingerprint density at radius 1 is 0.783 bits per heavy atom. The molecular weight excluding hydrogens is 298 g/mol. The minimum atomic E-state index is -0.312. The number of hydrogen-bond acceptors (Lipinski definition) is 5. The fourth-order valence-electron chi connectivity index (χ4n) is 2.08. The van der Waals surface area contributed by atoms with E-state index >= 15 is 0 Å². The minimum Gasteiger partial charge on any atom is -0.497 e. The Hall–Kier alpha value is -2.89. The molecule has 0 unspecified atom stereocenters. The first-order chi connectivity index (χ1) is 11.1. The van der Waals surface area contributed by atoms with Gasteiger partial charge in [-0.1, -0.05) is 0 Å². The summed E-state index contributed by atoms with van der Waals surface area (Å²) in [6.45, 7) is 0. The number of amides is 1. The molecule has 0 aliphatic heterocycles. The van der Waals surface area contributed by atoms with Crippen LogP contribution in [0.25, 0.3) is 0 Å². The van der Waals surface area contributed by atoms with E-state index in [1.807, 2.05) is 0 Å². The van der Waals surface area contributed by atoms with Crippen LogP contribution in [0.15, 0.2) is 36.4 Å². The molecule has 6 heteroatoms. The van der Waals surface area contributed by atoms with Crippen LogP contribution in [0.5, 0.6) is 23.0 Å². The van der Waals surface area contributed by atoms with E-state index in [1.165, 1.54) is 14.2 Å². The number of carbonyl (C=O) groups is 1. The molecule has 1 amide bonds. The summed E-state index contributed by atoms with van der Waals surface area (Å²) in [6.07, 6.45) is 0. The molecule has 0 atom stereocenters.